The molecule has 1 saturated heterocycles. The standard InChI is InChI=1S/C12H16Cl2N2/c1-8-6-15-7-9(2)16(8)12-5-10(13)3-4-11(12)14/h3-5,8-9,15H,6-7H2,1-2H3. The number of benzene rings is 1. The summed E-state index contributed by atoms with van der Waals surface area (Å²) in [6, 6.07) is 6.49. The molecule has 0 bridgehead atoms. The maximum absolute atomic E-state index is 6.24. The Hall–Kier alpha value is -0.440. The monoisotopic (exact) mass is 258 g/mol. The summed E-state index contributed by atoms with van der Waals surface area (Å²) in [6.07, 6.45) is 0. The lowest BCUT2D eigenvalue weighted by molar-refractivity contribution is 0.432. The second kappa shape index (κ2) is 4.82. The first-order chi connectivity index (χ1) is 7.59. The van der Waals surface area contributed by atoms with E-state index in [-0.39, 0.29) is 0 Å². The maximum Gasteiger partial charge on any atom is 0.0640 e. The van der Waals surface area contributed by atoms with Gasteiger partial charge in [0.1, 0.15) is 0 Å². The van der Waals surface area contributed by atoms with Crippen molar-refractivity contribution in [2.45, 2.75) is 25.9 Å². The van der Waals surface area contributed by atoms with Crippen LogP contribution >= 0.6 is 23.2 Å². The molecule has 16 heavy (non-hydrogen) atoms. The van der Waals surface area contributed by atoms with Gasteiger partial charge < -0.3 is 10.2 Å². The van der Waals surface area contributed by atoms with Crippen LogP contribution < -0.4 is 10.2 Å². The molecule has 4 heteroatoms. The highest BCUT2D eigenvalue weighted by molar-refractivity contribution is 6.35. The molecule has 1 fully saturated rings. The van der Waals surface area contributed by atoms with Gasteiger partial charge in [-0.2, -0.15) is 0 Å². The quantitative estimate of drug-likeness (QED) is 0.833. The first kappa shape index (κ1) is 12.0. The van der Waals surface area contributed by atoms with Gasteiger partial charge in [0.15, 0.2) is 0 Å². The van der Waals surface area contributed by atoms with Gasteiger partial charge in [-0.05, 0) is 32.0 Å². The molecule has 0 aliphatic carbocycles. The van der Waals surface area contributed by atoms with Crippen molar-refractivity contribution >= 4 is 28.9 Å². The Morgan fingerprint density at radius 2 is 1.81 bits per heavy atom. The van der Waals surface area contributed by atoms with E-state index in [1.54, 1.807) is 0 Å². The van der Waals surface area contributed by atoms with E-state index in [2.05, 4.69) is 24.1 Å². The van der Waals surface area contributed by atoms with E-state index in [0.717, 1.165) is 28.8 Å². The van der Waals surface area contributed by atoms with Gasteiger partial charge >= 0.3 is 0 Å². The molecule has 2 nitrogen and oxygen atoms in total. The van der Waals surface area contributed by atoms with Crippen LogP contribution in [-0.4, -0.2) is 25.2 Å². The Kier molecular flexibility index (Phi) is 3.63. The van der Waals surface area contributed by atoms with E-state index in [1.807, 2.05) is 18.2 Å². The fourth-order valence-corrected chi connectivity index (χ4v) is 2.67. The fourth-order valence-electron chi connectivity index (χ4n) is 2.29. The van der Waals surface area contributed by atoms with Crippen molar-refractivity contribution in [2.24, 2.45) is 0 Å². The minimum absolute atomic E-state index is 0.430. The summed E-state index contributed by atoms with van der Waals surface area (Å²) in [5.74, 6) is 0. The molecule has 0 saturated carbocycles. The molecule has 0 amide bonds. The first-order valence-electron chi connectivity index (χ1n) is 5.53. The number of halogens is 2. The summed E-state index contributed by atoms with van der Waals surface area (Å²) in [5.41, 5.74) is 1.04. The zero-order valence-electron chi connectivity index (χ0n) is 9.50. The van der Waals surface area contributed by atoms with Crippen molar-refractivity contribution in [3.8, 4) is 0 Å². The molecule has 1 aromatic rings. The Balaban J connectivity index is 2.37. The predicted octanol–water partition coefficient (Wildman–Crippen LogP) is 3.18. The van der Waals surface area contributed by atoms with Crippen LogP contribution in [0.25, 0.3) is 0 Å². The molecule has 1 aliphatic rings. The van der Waals surface area contributed by atoms with E-state index < -0.39 is 0 Å². The third-order valence-corrected chi connectivity index (χ3v) is 3.57. The molecule has 1 heterocycles. The predicted molar refractivity (Wildman–Crippen MR) is 70.7 cm³/mol. The second-order valence-corrected chi connectivity index (χ2v) is 5.20. The second-order valence-electron chi connectivity index (χ2n) is 4.36. The van der Waals surface area contributed by atoms with Crippen LogP contribution in [0.5, 0.6) is 0 Å². The van der Waals surface area contributed by atoms with Crippen LogP contribution in [-0.2, 0) is 0 Å². The lowest BCUT2D eigenvalue weighted by atomic mass is 10.1. The molecule has 0 radical (unpaired) electrons. The van der Waals surface area contributed by atoms with Crippen LogP contribution in [0.4, 0.5) is 5.69 Å². The third kappa shape index (κ3) is 2.29. The Morgan fingerprint density at radius 1 is 1.19 bits per heavy atom. The number of piperazine rings is 1. The Labute approximate surface area is 107 Å². The van der Waals surface area contributed by atoms with Crippen LogP contribution in [0.2, 0.25) is 10.0 Å². The van der Waals surface area contributed by atoms with E-state index in [4.69, 9.17) is 23.2 Å². The van der Waals surface area contributed by atoms with Crippen molar-refractivity contribution in [1.82, 2.24) is 5.32 Å². The van der Waals surface area contributed by atoms with Gasteiger partial charge in [0.25, 0.3) is 0 Å². The van der Waals surface area contributed by atoms with E-state index in [1.165, 1.54) is 0 Å². The van der Waals surface area contributed by atoms with Crippen molar-refractivity contribution in [1.29, 1.82) is 0 Å². The lowest BCUT2D eigenvalue weighted by Crippen LogP contribution is -2.55. The summed E-state index contributed by atoms with van der Waals surface area (Å²) in [5, 5.41) is 4.90. The zero-order chi connectivity index (χ0) is 11.7. The SMILES string of the molecule is CC1CNCC(C)N1c1cc(Cl)ccc1Cl. The van der Waals surface area contributed by atoms with Gasteiger partial charge in [-0.3, -0.25) is 0 Å². The summed E-state index contributed by atoms with van der Waals surface area (Å²) in [4.78, 5) is 2.34. The molecule has 2 unspecified atom stereocenters. The average molecular weight is 259 g/mol. The number of hydrogen-bond acceptors (Lipinski definition) is 2. The Morgan fingerprint density at radius 3 is 2.44 bits per heavy atom. The number of rotatable bonds is 1. The van der Waals surface area contributed by atoms with Crippen LogP contribution in [0.15, 0.2) is 18.2 Å². The summed E-state index contributed by atoms with van der Waals surface area (Å²) >= 11 is 12.3. The van der Waals surface area contributed by atoms with Gasteiger partial charge in [0.2, 0.25) is 0 Å². The van der Waals surface area contributed by atoms with Crippen molar-refractivity contribution in [3.05, 3.63) is 28.2 Å². The lowest BCUT2D eigenvalue weighted by Gasteiger charge is -2.41. The van der Waals surface area contributed by atoms with Crippen molar-refractivity contribution in [3.63, 3.8) is 0 Å². The fraction of sp³-hybridized carbons (Fsp3) is 0.500. The smallest absolute Gasteiger partial charge is 0.0640 e. The summed E-state index contributed by atoms with van der Waals surface area (Å²) in [6.45, 7) is 6.35. The number of hydrogen-bond donors (Lipinski definition) is 1. The topological polar surface area (TPSA) is 15.3 Å². The molecular weight excluding hydrogens is 243 g/mol. The summed E-state index contributed by atoms with van der Waals surface area (Å²) < 4.78 is 0. The van der Waals surface area contributed by atoms with Crippen LogP contribution in [0, 0.1) is 0 Å². The largest absolute Gasteiger partial charge is 0.362 e. The van der Waals surface area contributed by atoms with Crippen LogP contribution in [0.1, 0.15) is 13.8 Å². The zero-order valence-corrected chi connectivity index (χ0v) is 11.0. The van der Waals surface area contributed by atoms with Gasteiger partial charge in [0.05, 0.1) is 10.7 Å². The molecule has 1 aromatic carbocycles. The number of nitrogens with one attached hydrogen (secondary N) is 1. The molecule has 1 aliphatic heterocycles. The minimum atomic E-state index is 0.430. The van der Waals surface area contributed by atoms with Gasteiger partial charge in [0, 0.05) is 30.2 Å². The molecule has 2 atom stereocenters. The maximum atomic E-state index is 6.24. The normalized spacial score (nSPS) is 25.9. The highest BCUT2D eigenvalue weighted by Crippen LogP contribution is 2.32. The van der Waals surface area contributed by atoms with E-state index >= 15 is 0 Å². The molecule has 88 valence electrons. The van der Waals surface area contributed by atoms with E-state index in [0.29, 0.717) is 12.1 Å². The van der Waals surface area contributed by atoms with Crippen LogP contribution in [0.3, 0.4) is 0 Å². The van der Waals surface area contributed by atoms with Gasteiger partial charge in [-0.25, -0.2) is 0 Å². The van der Waals surface area contributed by atoms with Gasteiger partial charge in [-0.15, -0.1) is 0 Å². The molecule has 0 aromatic heterocycles. The highest BCUT2D eigenvalue weighted by Gasteiger charge is 2.26. The highest BCUT2D eigenvalue weighted by atomic mass is 35.5. The molecule has 1 N–H and O–H groups in total. The number of nitrogens with zero attached hydrogens (tertiary/aromatic N) is 1. The average Bonchev–Trinajstić information content (AvgIpc) is 2.23. The van der Waals surface area contributed by atoms with Crippen molar-refractivity contribution in [2.75, 3.05) is 18.0 Å². The van der Waals surface area contributed by atoms with Gasteiger partial charge in [-0.1, -0.05) is 23.2 Å². The molecule has 2 rings (SSSR count). The Bertz CT molecular complexity index is 371. The van der Waals surface area contributed by atoms with E-state index in [9.17, 15) is 0 Å². The van der Waals surface area contributed by atoms with Crippen molar-refractivity contribution < 1.29 is 0 Å². The molecule has 0 spiro atoms. The summed E-state index contributed by atoms with van der Waals surface area (Å²) in [7, 11) is 0. The number of anilines is 1. The molecular formula is C12H16Cl2N2. The third-order valence-electron chi connectivity index (χ3n) is 3.02. The minimum Gasteiger partial charge on any atom is -0.362 e. The first-order valence-corrected chi connectivity index (χ1v) is 6.29.